The second kappa shape index (κ2) is 54.2. The van der Waals surface area contributed by atoms with Crippen LogP contribution in [0.25, 0.3) is 49.9 Å². The molecule has 3 unspecified atom stereocenters. The van der Waals surface area contributed by atoms with Gasteiger partial charge in [0.2, 0.25) is 0 Å². The number of ether oxygens (including phenoxy) is 6. The van der Waals surface area contributed by atoms with Crippen molar-refractivity contribution in [3.8, 4) is 0 Å². The highest BCUT2D eigenvalue weighted by atomic mass is 16.6. The van der Waals surface area contributed by atoms with Gasteiger partial charge in [0.05, 0.1) is 149 Å². The Morgan fingerprint density at radius 1 is 0.293 bits per heavy atom. The lowest BCUT2D eigenvalue weighted by atomic mass is 9.97. The first-order chi connectivity index (χ1) is 64.0. The summed E-state index contributed by atoms with van der Waals surface area (Å²) in [5.41, 5.74) is 14.8. The first kappa shape index (κ1) is 108. The smallest absolute Gasteiger partial charge is 0.339 e. The van der Waals surface area contributed by atoms with Crippen LogP contribution >= 0.6 is 0 Å². The van der Waals surface area contributed by atoms with Gasteiger partial charge in [-0.25, -0.2) is 24.0 Å². The lowest BCUT2D eigenvalue weighted by Gasteiger charge is -2.37. The molecule has 718 valence electrons. The van der Waals surface area contributed by atoms with E-state index < -0.39 is 0 Å². The average Bonchev–Trinajstić information content (AvgIpc) is 1.31. The van der Waals surface area contributed by atoms with Crippen molar-refractivity contribution in [2.45, 2.75) is 166 Å². The number of fused-ring (bicyclic) bond motifs is 7. The van der Waals surface area contributed by atoms with Crippen molar-refractivity contribution in [1.82, 2.24) is 0 Å². The molecular formula is C115H162N6O12+6. The average molecular weight is 1820 g/mol. The fourth-order valence-corrected chi connectivity index (χ4v) is 18.7. The van der Waals surface area contributed by atoms with Gasteiger partial charge in [-0.05, 0) is 189 Å². The van der Waals surface area contributed by atoms with Gasteiger partial charge in [0.1, 0.15) is 84.8 Å². The van der Waals surface area contributed by atoms with E-state index in [9.17, 15) is 28.8 Å². The Hall–Kier alpha value is -10.4. The number of carbonyl (C=O) groups excluding carboxylic acids is 6. The van der Waals surface area contributed by atoms with Crippen molar-refractivity contribution in [2.75, 3.05) is 200 Å². The van der Waals surface area contributed by atoms with Crippen LogP contribution in [0.2, 0.25) is 0 Å². The number of quaternary nitrogens is 6. The molecule has 0 saturated heterocycles. The first-order valence-corrected chi connectivity index (χ1v) is 49.9. The van der Waals surface area contributed by atoms with E-state index in [1.54, 1.807) is 0 Å². The van der Waals surface area contributed by atoms with Gasteiger partial charge in [-0.1, -0.05) is 261 Å². The summed E-state index contributed by atoms with van der Waals surface area (Å²) in [5, 5.41) is 4.08. The number of benzene rings is 8. The summed E-state index contributed by atoms with van der Waals surface area (Å²) in [6.45, 7) is 48.4. The zero-order valence-electron chi connectivity index (χ0n) is 84.3. The fourth-order valence-electron chi connectivity index (χ4n) is 18.7. The normalized spacial score (nSPS) is 14.6. The maximum atomic E-state index is 13.2. The number of likely N-dealkylation sites (N-methyl/N-ethyl adjacent to an activating group) is 6. The third-order valence-electron chi connectivity index (χ3n) is 27.2. The van der Waals surface area contributed by atoms with Crippen LogP contribution in [-0.4, -0.2) is 262 Å². The maximum absolute atomic E-state index is 13.2. The molecule has 0 aromatic heterocycles. The molecule has 0 bridgehead atoms. The summed E-state index contributed by atoms with van der Waals surface area (Å²) in [6.07, 6.45) is 24.7. The second-order valence-electron chi connectivity index (χ2n) is 38.2. The van der Waals surface area contributed by atoms with Gasteiger partial charge in [-0.3, -0.25) is 4.79 Å². The van der Waals surface area contributed by atoms with Gasteiger partial charge >= 0.3 is 35.8 Å². The number of rotatable bonds is 44. The highest BCUT2D eigenvalue weighted by Gasteiger charge is 2.33. The topological polar surface area (TPSA) is 158 Å². The highest BCUT2D eigenvalue weighted by Crippen LogP contribution is 2.35. The van der Waals surface area contributed by atoms with Crippen LogP contribution in [0.5, 0.6) is 0 Å². The molecule has 18 nitrogen and oxygen atoms in total. The highest BCUT2D eigenvalue weighted by molar-refractivity contribution is 6.20. The Labute approximate surface area is 798 Å². The van der Waals surface area contributed by atoms with E-state index in [1.165, 1.54) is 80.3 Å². The number of hydrogen-bond donors (Lipinski definition) is 0. The Bertz CT molecular complexity index is 5160. The Morgan fingerprint density at radius 2 is 0.579 bits per heavy atom. The van der Waals surface area contributed by atoms with Crippen molar-refractivity contribution in [3.05, 3.63) is 268 Å². The van der Waals surface area contributed by atoms with Crippen LogP contribution in [0.15, 0.2) is 206 Å². The fraction of sp³-hybridized carbons (Fsp3) is 0.478. The summed E-state index contributed by atoms with van der Waals surface area (Å²) >= 11 is 0. The number of unbranched alkanes of at least 4 members (excludes halogenated alkanes) is 2. The third-order valence-corrected chi connectivity index (χ3v) is 27.2. The van der Waals surface area contributed by atoms with Crippen LogP contribution in [0.1, 0.15) is 206 Å². The predicted octanol–water partition coefficient (Wildman–Crippen LogP) is 21.2. The molecule has 8 aromatic rings. The zero-order valence-corrected chi connectivity index (χ0v) is 84.3. The molecule has 0 heterocycles. The summed E-state index contributed by atoms with van der Waals surface area (Å²) in [7, 11) is 12.5. The molecule has 0 N–H and O–H groups in total. The molecule has 0 radical (unpaired) electrons. The van der Waals surface area contributed by atoms with Gasteiger partial charge < -0.3 is 55.3 Å². The molecule has 3 atom stereocenters. The van der Waals surface area contributed by atoms with Crippen LogP contribution in [-0.2, 0) is 78.1 Å². The maximum Gasteiger partial charge on any atom is 0.339 e. The van der Waals surface area contributed by atoms with E-state index in [0.717, 1.165) is 235 Å². The molecule has 8 aromatic carbocycles. The number of carbonyl (C=O) groups is 6. The van der Waals surface area contributed by atoms with Gasteiger partial charge in [0.25, 0.3) is 0 Å². The quantitative estimate of drug-likeness (QED) is 0.0154. The summed E-state index contributed by atoms with van der Waals surface area (Å²) in [5.74, 6) is -1.30. The van der Waals surface area contributed by atoms with Crippen molar-refractivity contribution in [1.29, 1.82) is 0 Å². The molecular weight excluding hydrogens is 1660 g/mol. The Balaban J connectivity index is 0.000000198. The summed E-state index contributed by atoms with van der Waals surface area (Å²) < 4.78 is 39.1. The SMILES string of the molecule is CCCC[N+](CC)(CCC)CCOC(=O)C1=CCc2ccccc21.CCCC[N+](CC)(CCC)CCOC(=O)c1c2ccccc2cc2ccccc12.CCC[N+](CC)(CCC)CCOC(=O)C1=CCc2ccccc21.CC[N+](CC)(CC)CCOC(=O)C1=CCc2ccccc21.C[N+](C)(C)CCOC(=O)C1=CCc2ccccc21.C[N+](C)(C)CCOC(=O)C1C=Cc2ccccc21. The lowest BCUT2D eigenvalue weighted by Crippen LogP contribution is -2.51. The molecule has 133 heavy (non-hydrogen) atoms. The van der Waals surface area contributed by atoms with Crippen molar-refractivity contribution >= 4 is 85.7 Å². The molecule has 0 saturated carbocycles. The number of esters is 6. The van der Waals surface area contributed by atoms with E-state index in [-0.39, 0.29) is 41.7 Å². The molecule has 0 aliphatic heterocycles. The Morgan fingerprint density at radius 3 is 0.910 bits per heavy atom. The minimum atomic E-state index is -0.228. The molecule has 0 fully saturated rings. The standard InChI is InChI=1S/C26H34NO2.C21H32NO2.C20H30NO2.C18H26NO2.2C15H20NO2/c1-4-7-17-27(6-3,16-5-2)18-19-29-26(28)25-23-14-10-8-12-21(23)20-22-13-9-11-15-24(22)25;1-4-7-15-22(6-3,14-5-2)16-17-24-21(23)20-13-12-18-10-8-9-11-19(18)20;1-4-13-21(6-3,14-5-2)15-16-23-20(22)19-12-11-17-9-7-8-10-18(17)19;1-4-19(5-2,6-3)13-14-21-18(20)17-12-11-15-9-7-8-10-16(15)17;2*1-16(2,3)10-11-18-15(17)14-9-8-12-6-4-5-7-13(12)14/h8-15,20H,4-7,16-19H2,1-3H3;8-11,13H,4-7,12,14-17H2,1-3H3;7-10,12H,4-6,11,13-16H2,1-3H3;7-10,12H,4-6,11,13-14H2,1-3H3;4-7,9H,8,10-11H2,1-3H3;4-9,14H,10-11H2,1-3H3/q6*+1. The first-order valence-electron chi connectivity index (χ1n) is 49.9. The zero-order chi connectivity index (χ0) is 96.5. The van der Waals surface area contributed by atoms with Gasteiger partial charge in [0, 0.05) is 0 Å². The number of allylic oxidation sites excluding steroid dienone is 4. The van der Waals surface area contributed by atoms with Gasteiger partial charge in [0.15, 0.2) is 0 Å². The van der Waals surface area contributed by atoms with E-state index in [1.807, 2.05) is 170 Å². The van der Waals surface area contributed by atoms with E-state index in [2.05, 4.69) is 168 Å². The van der Waals surface area contributed by atoms with Crippen LogP contribution < -0.4 is 0 Å². The predicted molar refractivity (Wildman–Crippen MR) is 547 cm³/mol. The number of nitrogens with zero attached hydrogens (tertiary/aromatic N) is 6. The van der Waals surface area contributed by atoms with Crippen LogP contribution in [0, 0.1) is 0 Å². The number of hydrogen-bond acceptors (Lipinski definition) is 12. The minimum absolute atomic E-state index is 0.148. The minimum Gasteiger partial charge on any atom is -0.459 e. The molecule has 13 rings (SSSR count). The lowest BCUT2D eigenvalue weighted by molar-refractivity contribution is -0.926. The van der Waals surface area contributed by atoms with E-state index in [0.29, 0.717) is 50.8 Å². The van der Waals surface area contributed by atoms with Gasteiger partial charge in [-0.2, -0.15) is 0 Å². The van der Waals surface area contributed by atoms with E-state index in [4.69, 9.17) is 28.4 Å². The summed E-state index contributed by atoms with van der Waals surface area (Å²) in [4.78, 5) is 74.3. The van der Waals surface area contributed by atoms with E-state index >= 15 is 0 Å². The molecule has 0 amide bonds. The molecule has 5 aliphatic rings. The third kappa shape index (κ3) is 31.9. The van der Waals surface area contributed by atoms with Crippen LogP contribution in [0.4, 0.5) is 0 Å². The monoisotopic (exact) mass is 1820 g/mol. The summed E-state index contributed by atoms with van der Waals surface area (Å²) in [6, 6.07) is 58.5. The molecule has 18 heteroatoms. The molecule has 5 aliphatic carbocycles. The molecule has 0 spiro atoms. The van der Waals surface area contributed by atoms with Crippen molar-refractivity contribution in [3.63, 3.8) is 0 Å². The second-order valence-corrected chi connectivity index (χ2v) is 38.2. The largest absolute Gasteiger partial charge is 0.459 e. The van der Waals surface area contributed by atoms with Crippen molar-refractivity contribution < 1.29 is 84.1 Å². The Kier molecular flexibility index (Phi) is 44.0. The van der Waals surface area contributed by atoms with Crippen LogP contribution in [0.3, 0.4) is 0 Å². The van der Waals surface area contributed by atoms with Gasteiger partial charge in [-0.15, -0.1) is 0 Å². The van der Waals surface area contributed by atoms with Crippen molar-refractivity contribution in [2.24, 2.45) is 0 Å².